The van der Waals surface area contributed by atoms with Crippen molar-refractivity contribution in [2.24, 2.45) is 0 Å². The van der Waals surface area contributed by atoms with Crippen LogP contribution in [0.1, 0.15) is 11.1 Å². The number of anilines is 1. The third kappa shape index (κ3) is 5.02. The van der Waals surface area contributed by atoms with Gasteiger partial charge in [0.25, 0.3) is 0 Å². The van der Waals surface area contributed by atoms with Crippen molar-refractivity contribution in [1.29, 1.82) is 5.26 Å². The fraction of sp³-hybridized carbons (Fsp3) is 0.350. The molecule has 0 aromatic heterocycles. The van der Waals surface area contributed by atoms with Gasteiger partial charge in [0.1, 0.15) is 5.82 Å². The van der Waals surface area contributed by atoms with Crippen molar-refractivity contribution in [3.8, 4) is 6.07 Å². The number of nitrogens with zero attached hydrogens (tertiary/aromatic N) is 3. The molecule has 0 spiro atoms. The minimum atomic E-state index is -0.185. The van der Waals surface area contributed by atoms with Gasteiger partial charge in [-0.25, -0.2) is 4.39 Å². The molecule has 4 nitrogen and oxygen atoms in total. The first-order valence-corrected chi connectivity index (χ1v) is 8.67. The topological polar surface area (TPSA) is 42.3 Å². The number of nitriles is 1. The zero-order valence-corrected chi connectivity index (χ0v) is 14.3. The Bertz CT molecular complexity index is 698. The second-order valence-electron chi connectivity index (χ2n) is 6.29. The second-order valence-corrected chi connectivity index (χ2v) is 6.29. The Morgan fingerprint density at radius 2 is 1.64 bits per heavy atom. The van der Waals surface area contributed by atoms with Crippen LogP contribution >= 0.6 is 0 Å². The number of piperazine rings is 1. The number of benzene rings is 2. The summed E-state index contributed by atoms with van der Waals surface area (Å²) in [5.41, 5.74) is 2.99. The predicted molar refractivity (Wildman–Crippen MR) is 97.9 cm³/mol. The van der Waals surface area contributed by atoms with Crippen molar-refractivity contribution in [3.05, 3.63) is 65.5 Å². The van der Waals surface area contributed by atoms with E-state index in [2.05, 4.69) is 21.2 Å². The molecular weight excluding hydrogens is 315 g/mol. The van der Waals surface area contributed by atoms with Gasteiger partial charge >= 0.3 is 0 Å². The normalized spacial score (nSPS) is 15.1. The molecule has 1 heterocycles. The summed E-state index contributed by atoms with van der Waals surface area (Å²) in [7, 11) is 0. The summed E-state index contributed by atoms with van der Waals surface area (Å²) < 4.78 is 13.0. The Kier molecular flexibility index (Phi) is 5.99. The molecule has 1 aliphatic heterocycles. The lowest BCUT2D eigenvalue weighted by atomic mass is 10.1. The van der Waals surface area contributed by atoms with Gasteiger partial charge in [-0.1, -0.05) is 12.1 Å². The molecule has 0 unspecified atom stereocenters. The van der Waals surface area contributed by atoms with Crippen LogP contribution in [-0.4, -0.2) is 44.2 Å². The Morgan fingerprint density at radius 1 is 0.960 bits per heavy atom. The number of nitrogens with one attached hydrogen (secondary N) is 1. The summed E-state index contributed by atoms with van der Waals surface area (Å²) in [6.07, 6.45) is 0. The van der Waals surface area contributed by atoms with Crippen molar-refractivity contribution >= 4 is 5.69 Å². The summed E-state index contributed by atoms with van der Waals surface area (Å²) in [6.45, 7) is 6.78. The molecule has 0 bridgehead atoms. The molecular formula is C20H23FN4. The summed E-state index contributed by atoms with van der Waals surface area (Å²) in [5.74, 6) is -0.185. The fourth-order valence-corrected chi connectivity index (χ4v) is 3.05. The highest BCUT2D eigenvalue weighted by molar-refractivity contribution is 5.46. The molecule has 0 saturated carbocycles. The molecule has 1 fully saturated rings. The minimum Gasteiger partial charge on any atom is -0.369 e. The zero-order valence-electron chi connectivity index (χ0n) is 14.3. The van der Waals surface area contributed by atoms with Crippen molar-refractivity contribution in [3.63, 3.8) is 0 Å². The van der Waals surface area contributed by atoms with Crippen LogP contribution in [0.2, 0.25) is 0 Å². The highest BCUT2D eigenvalue weighted by Crippen LogP contribution is 2.16. The van der Waals surface area contributed by atoms with E-state index in [1.165, 1.54) is 17.7 Å². The fourth-order valence-electron chi connectivity index (χ4n) is 3.05. The molecule has 130 valence electrons. The van der Waals surface area contributed by atoms with E-state index < -0.39 is 0 Å². The maximum absolute atomic E-state index is 13.0. The SMILES string of the molecule is N#Cc1ccc(CNCCN2CCN(c3ccc(F)cc3)CC2)cc1. The van der Waals surface area contributed by atoms with Gasteiger partial charge in [-0.2, -0.15) is 5.26 Å². The van der Waals surface area contributed by atoms with Gasteiger partial charge in [0, 0.05) is 51.5 Å². The van der Waals surface area contributed by atoms with Gasteiger partial charge in [0.2, 0.25) is 0 Å². The number of hydrogen-bond donors (Lipinski definition) is 1. The van der Waals surface area contributed by atoms with Crippen molar-refractivity contribution < 1.29 is 4.39 Å². The second kappa shape index (κ2) is 8.61. The maximum atomic E-state index is 13.0. The smallest absolute Gasteiger partial charge is 0.123 e. The molecule has 1 saturated heterocycles. The van der Waals surface area contributed by atoms with Crippen LogP contribution in [0.3, 0.4) is 0 Å². The van der Waals surface area contributed by atoms with Gasteiger partial charge in [0.15, 0.2) is 0 Å². The van der Waals surface area contributed by atoms with Gasteiger partial charge in [-0.05, 0) is 42.0 Å². The standard InChI is InChI=1S/C20H23FN4/c21-19-5-7-20(8-6-19)25-13-11-24(12-14-25)10-9-23-16-18-3-1-17(15-22)2-4-18/h1-8,23H,9-14,16H2. The Hall–Kier alpha value is -2.42. The Morgan fingerprint density at radius 3 is 2.28 bits per heavy atom. The predicted octanol–water partition coefficient (Wildman–Crippen LogP) is 2.61. The highest BCUT2D eigenvalue weighted by Gasteiger charge is 2.16. The number of hydrogen-bond acceptors (Lipinski definition) is 4. The van der Waals surface area contributed by atoms with E-state index in [-0.39, 0.29) is 5.82 Å². The molecule has 2 aromatic carbocycles. The van der Waals surface area contributed by atoms with Crippen LogP contribution in [0.4, 0.5) is 10.1 Å². The highest BCUT2D eigenvalue weighted by atomic mass is 19.1. The van der Waals surface area contributed by atoms with Gasteiger partial charge in [-0.3, -0.25) is 4.90 Å². The van der Waals surface area contributed by atoms with Crippen LogP contribution in [-0.2, 0) is 6.54 Å². The molecule has 5 heteroatoms. The molecule has 0 aliphatic carbocycles. The summed E-state index contributed by atoms with van der Waals surface area (Å²) in [5, 5.41) is 12.3. The lowest BCUT2D eigenvalue weighted by molar-refractivity contribution is 0.257. The molecule has 2 aromatic rings. The van der Waals surface area contributed by atoms with Crippen LogP contribution in [0.15, 0.2) is 48.5 Å². The molecule has 0 radical (unpaired) electrons. The van der Waals surface area contributed by atoms with Crippen LogP contribution < -0.4 is 10.2 Å². The van der Waals surface area contributed by atoms with Gasteiger partial charge in [0.05, 0.1) is 11.6 Å². The molecule has 0 amide bonds. The van der Waals surface area contributed by atoms with E-state index in [1.54, 1.807) is 0 Å². The average molecular weight is 338 g/mol. The molecule has 3 rings (SSSR count). The third-order valence-corrected chi connectivity index (χ3v) is 4.58. The molecule has 25 heavy (non-hydrogen) atoms. The molecule has 1 aliphatic rings. The lowest BCUT2D eigenvalue weighted by Crippen LogP contribution is -2.48. The van der Waals surface area contributed by atoms with Crippen LogP contribution in [0.5, 0.6) is 0 Å². The van der Waals surface area contributed by atoms with Crippen molar-refractivity contribution in [1.82, 2.24) is 10.2 Å². The van der Waals surface area contributed by atoms with E-state index in [0.717, 1.165) is 51.5 Å². The van der Waals surface area contributed by atoms with Gasteiger partial charge < -0.3 is 10.2 Å². The first-order chi connectivity index (χ1) is 12.2. The quantitative estimate of drug-likeness (QED) is 0.822. The Balaban J connectivity index is 1.35. The first kappa shape index (κ1) is 17.4. The van der Waals surface area contributed by atoms with E-state index >= 15 is 0 Å². The summed E-state index contributed by atoms with van der Waals surface area (Å²) >= 11 is 0. The number of halogens is 1. The molecule has 1 N–H and O–H groups in total. The van der Waals surface area contributed by atoms with E-state index in [9.17, 15) is 4.39 Å². The first-order valence-electron chi connectivity index (χ1n) is 8.67. The minimum absolute atomic E-state index is 0.185. The van der Waals surface area contributed by atoms with E-state index in [4.69, 9.17) is 5.26 Å². The zero-order chi connectivity index (χ0) is 17.5. The number of rotatable bonds is 6. The van der Waals surface area contributed by atoms with Crippen LogP contribution in [0, 0.1) is 17.1 Å². The Labute approximate surface area is 148 Å². The van der Waals surface area contributed by atoms with Gasteiger partial charge in [-0.15, -0.1) is 0 Å². The van der Waals surface area contributed by atoms with E-state index in [0.29, 0.717) is 5.56 Å². The largest absolute Gasteiger partial charge is 0.369 e. The van der Waals surface area contributed by atoms with Crippen molar-refractivity contribution in [2.45, 2.75) is 6.54 Å². The monoisotopic (exact) mass is 338 g/mol. The lowest BCUT2D eigenvalue weighted by Gasteiger charge is -2.36. The van der Waals surface area contributed by atoms with Crippen LogP contribution in [0.25, 0.3) is 0 Å². The summed E-state index contributed by atoms with van der Waals surface area (Å²) in [6, 6.07) is 16.6. The molecule has 0 atom stereocenters. The van der Waals surface area contributed by atoms with E-state index in [1.807, 2.05) is 36.4 Å². The summed E-state index contributed by atoms with van der Waals surface area (Å²) in [4.78, 5) is 4.76. The third-order valence-electron chi connectivity index (χ3n) is 4.58. The average Bonchev–Trinajstić information content (AvgIpc) is 2.67. The maximum Gasteiger partial charge on any atom is 0.123 e. The van der Waals surface area contributed by atoms with Crippen molar-refractivity contribution in [2.75, 3.05) is 44.2 Å².